The second-order valence-corrected chi connectivity index (χ2v) is 5.01. The van der Waals surface area contributed by atoms with Crippen molar-refractivity contribution in [1.82, 2.24) is 4.98 Å². The number of hydrogen-bond acceptors (Lipinski definition) is 2. The quantitative estimate of drug-likeness (QED) is 0.601. The molecule has 2 heterocycles. The van der Waals surface area contributed by atoms with Gasteiger partial charge in [0.2, 0.25) is 0 Å². The Morgan fingerprint density at radius 1 is 1.57 bits per heavy atom. The van der Waals surface area contributed by atoms with Gasteiger partial charge in [-0.1, -0.05) is 18.3 Å². The molecule has 3 rings (SSSR count). The average molecular weight is 205 g/mol. The fraction of sp³-hybridized carbons (Fsp3) is 0.455. The third-order valence-corrected chi connectivity index (χ3v) is 3.79. The van der Waals surface area contributed by atoms with Crippen molar-refractivity contribution in [3.8, 4) is 0 Å². The van der Waals surface area contributed by atoms with Gasteiger partial charge in [-0.3, -0.25) is 0 Å². The molecule has 0 amide bonds. The average Bonchev–Trinajstić information content (AvgIpc) is 2.65. The SMILES string of the molecule is C[C@@H]1CCc2c(cnc3scc[n+]23)C1. The first-order chi connectivity index (χ1) is 6.84. The van der Waals surface area contributed by atoms with Crippen LogP contribution in [0.1, 0.15) is 24.6 Å². The van der Waals surface area contributed by atoms with Crippen molar-refractivity contribution >= 4 is 16.3 Å². The van der Waals surface area contributed by atoms with Crippen molar-refractivity contribution in [3.63, 3.8) is 0 Å². The maximum Gasteiger partial charge on any atom is 0.387 e. The lowest BCUT2D eigenvalue weighted by molar-refractivity contribution is -0.521. The van der Waals surface area contributed by atoms with Crippen LogP contribution in [0.25, 0.3) is 4.96 Å². The molecule has 0 bridgehead atoms. The molecule has 0 unspecified atom stereocenters. The minimum atomic E-state index is 0.820. The Morgan fingerprint density at radius 2 is 2.50 bits per heavy atom. The van der Waals surface area contributed by atoms with Crippen LogP contribution < -0.4 is 4.40 Å². The Morgan fingerprint density at radius 3 is 3.43 bits per heavy atom. The zero-order valence-corrected chi connectivity index (χ0v) is 9.05. The molecule has 0 aliphatic heterocycles. The molecule has 2 nitrogen and oxygen atoms in total. The van der Waals surface area contributed by atoms with Crippen molar-refractivity contribution in [2.45, 2.75) is 26.2 Å². The monoisotopic (exact) mass is 205 g/mol. The van der Waals surface area contributed by atoms with Crippen LogP contribution in [0.15, 0.2) is 17.8 Å². The van der Waals surface area contributed by atoms with Crippen LogP contribution in [0.4, 0.5) is 0 Å². The highest BCUT2D eigenvalue weighted by molar-refractivity contribution is 7.14. The summed E-state index contributed by atoms with van der Waals surface area (Å²) < 4.78 is 2.26. The van der Waals surface area contributed by atoms with Crippen molar-refractivity contribution < 1.29 is 4.40 Å². The molecule has 1 atom stereocenters. The number of nitrogens with zero attached hydrogens (tertiary/aromatic N) is 2. The number of fused-ring (bicyclic) bond motifs is 3. The summed E-state index contributed by atoms with van der Waals surface area (Å²) in [6.45, 7) is 2.32. The van der Waals surface area contributed by atoms with Gasteiger partial charge in [0.1, 0.15) is 18.1 Å². The zero-order chi connectivity index (χ0) is 9.54. The standard InChI is InChI=1S/C11H13N2S/c1-8-2-3-10-9(6-8)7-12-11-13(10)4-5-14-11/h4-5,7-8H,2-3,6H2,1H3/q+1/t8-/m1/s1. The molecule has 72 valence electrons. The smallest absolute Gasteiger partial charge is 0.190 e. The molecular weight excluding hydrogens is 192 g/mol. The minimum absolute atomic E-state index is 0.820. The van der Waals surface area contributed by atoms with Crippen molar-refractivity contribution in [1.29, 1.82) is 0 Å². The summed E-state index contributed by atoms with van der Waals surface area (Å²) in [6, 6.07) is 0. The highest BCUT2D eigenvalue weighted by Crippen LogP contribution is 2.22. The fourth-order valence-electron chi connectivity index (χ4n) is 2.25. The van der Waals surface area contributed by atoms with E-state index in [1.807, 2.05) is 0 Å². The molecule has 0 spiro atoms. The molecule has 0 N–H and O–H groups in total. The van der Waals surface area contributed by atoms with E-state index in [9.17, 15) is 0 Å². The maximum absolute atomic E-state index is 4.47. The van der Waals surface area contributed by atoms with Gasteiger partial charge < -0.3 is 0 Å². The first-order valence-corrected chi connectivity index (χ1v) is 5.98. The van der Waals surface area contributed by atoms with Gasteiger partial charge >= 0.3 is 4.96 Å². The number of aryl methyl sites for hydroxylation is 1. The number of thiazole rings is 1. The summed E-state index contributed by atoms with van der Waals surface area (Å²) in [5.41, 5.74) is 2.93. The molecule has 2 aromatic heterocycles. The summed E-state index contributed by atoms with van der Waals surface area (Å²) in [4.78, 5) is 5.59. The lowest BCUT2D eigenvalue weighted by Crippen LogP contribution is -2.31. The first kappa shape index (κ1) is 8.36. The van der Waals surface area contributed by atoms with Gasteiger partial charge in [-0.2, -0.15) is 4.40 Å². The number of rotatable bonds is 0. The van der Waals surface area contributed by atoms with Gasteiger partial charge in [-0.25, -0.2) is 0 Å². The van der Waals surface area contributed by atoms with E-state index >= 15 is 0 Å². The van der Waals surface area contributed by atoms with E-state index in [2.05, 4.69) is 34.1 Å². The zero-order valence-electron chi connectivity index (χ0n) is 8.23. The highest BCUT2D eigenvalue weighted by Gasteiger charge is 2.22. The summed E-state index contributed by atoms with van der Waals surface area (Å²) in [5.74, 6) is 0.820. The van der Waals surface area contributed by atoms with E-state index in [1.54, 1.807) is 11.3 Å². The lowest BCUT2D eigenvalue weighted by Gasteiger charge is -2.17. The van der Waals surface area contributed by atoms with Crippen LogP contribution in [-0.2, 0) is 12.8 Å². The molecule has 0 radical (unpaired) electrons. The van der Waals surface area contributed by atoms with Gasteiger partial charge in [-0.05, 0) is 23.7 Å². The molecule has 1 aliphatic carbocycles. The third-order valence-electron chi connectivity index (χ3n) is 3.02. The van der Waals surface area contributed by atoms with Gasteiger partial charge in [0.15, 0.2) is 0 Å². The number of aromatic nitrogens is 2. The summed E-state index contributed by atoms with van der Waals surface area (Å²) in [5, 5.41) is 2.11. The predicted molar refractivity (Wildman–Crippen MR) is 56.5 cm³/mol. The van der Waals surface area contributed by atoms with E-state index < -0.39 is 0 Å². The van der Waals surface area contributed by atoms with Crippen molar-refractivity contribution in [2.75, 3.05) is 0 Å². The molecule has 0 saturated carbocycles. The minimum Gasteiger partial charge on any atom is -0.190 e. The van der Waals surface area contributed by atoms with Gasteiger partial charge in [0, 0.05) is 17.4 Å². The van der Waals surface area contributed by atoms with E-state index in [0.717, 1.165) is 10.9 Å². The highest BCUT2D eigenvalue weighted by atomic mass is 32.1. The van der Waals surface area contributed by atoms with Crippen LogP contribution in [0.3, 0.4) is 0 Å². The van der Waals surface area contributed by atoms with Crippen molar-refractivity contribution in [3.05, 3.63) is 29.0 Å². The van der Waals surface area contributed by atoms with E-state index in [1.165, 1.54) is 30.5 Å². The van der Waals surface area contributed by atoms with Crippen LogP contribution in [-0.4, -0.2) is 4.98 Å². The second-order valence-electron chi connectivity index (χ2n) is 4.13. The third kappa shape index (κ3) is 1.16. The van der Waals surface area contributed by atoms with Crippen LogP contribution in [0, 0.1) is 5.92 Å². The van der Waals surface area contributed by atoms with Gasteiger partial charge in [0.25, 0.3) is 0 Å². The topological polar surface area (TPSA) is 17.0 Å². The van der Waals surface area contributed by atoms with E-state index in [-0.39, 0.29) is 0 Å². The largest absolute Gasteiger partial charge is 0.387 e. The first-order valence-electron chi connectivity index (χ1n) is 5.10. The van der Waals surface area contributed by atoms with Crippen molar-refractivity contribution in [2.24, 2.45) is 5.92 Å². The van der Waals surface area contributed by atoms with Crippen LogP contribution >= 0.6 is 11.3 Å². The maximum atomic E-state index is 4.47. The Hall–Kier alpha value is -0.960. The molecule has 0 aromatic carbocycles. The fourth-order valence-corrected chi connectivity index (χ4v) is 2.95. The molecule has 14 heavy (non-hydrogen) atoms. The molecular formula is C11H13N2S+. The molecule has 0 fully saturated rings. The molecule has 3 heteroatoms. The summed E-state index contributed by atoms with van der Waals surface area (Å²) in [6.07, 6.45) is 7.92. The van der Waals surface area contributed by atoms with Crippen LogP contribution in [0.2, 0.25) is 0 Å². The molecule has 0 saturated heterocycles. The Labute approximate surface area is 87.2 Å². The predicted octanol–water partition coefficient (Wildman–Crippen LogP) is 2.01. The van der Waals surface area contributed by atoms with Crippen LogP contribution in [0.5, 0.6) is 0 Å². The van der Waals surface area contributed by atoms with E-state index in [0.29, 0.717) is 0 Å². The molecule has 1 aliphatic rings. The van der Waals surface area contributed by atoms with Gasteiger partial charge in [-0.15, -0.1) is 0 Å². The Bertz CT molecular complexity index is 475. The normalized spacial score (nSPS) is 21.1. The lowest BCUT2D eigenvalue weighted by atomic mass is 9.89. The Balaban J connectivity index is 2.24. The number of hydrogen-bond donors (Lipinski definition) is 0. The van der Waals surface area contributed by atoms with E-state index in [4.69, 9.17) is 0 Å². The van der Waals surface area contributed by atoms with Gasteiger partial charge in [0.05, 0.1) is 0 Å². The Kier molecular flexibility index (Phi) is 1.80. The summed E-state index contributed by atoms with van der Waals surface area (Å²) >= 11 is 1.71. The second kappa shape index (κ2) is 3.02. The summed E-state index contributed by atoms with van der Waals surface area (Å²) in [7, 11) is 0. The molecule has 2 aromatic rings.